The number of anilines is 1. The molecule has 1 saturated heterocycles. The fraction of sp³-hybridized carbons (Fsp3) is 0.333. The van der Waals surface area contributed by atoms with Crippen molar-refractivity contribution in [3.8, 4) is 16.9 Å². The Morgan fingerprint density at radius 1 is 1.20 bits per heavy atom. The summed E-state index contributed by atoms with van der Waals surface area (Å²) in [5.41, 5.74) is 8.55. The predicted molar refractivity (Wildman–Crippen MR) is 132 cm³/mol. The summed E-state index contributed by atoms with van der Waals surface area (Å²) in [6.07, 6.45) is 6.30. The molecular weight excluding hydrogens is 496 g/mol. The third kappa shape index (κ3) is 4.81. The van der Waals surface area contributed by atoms with Crippen molar-refractivity contribution in [2.45, 2.75) is 19.6 Å². The molecule has 0 amide bonds. The van der Waals surface area contributed by atoms with E-state index >= 15 is 0 Å². The van der Waals surface area contributed by atoms with Gasteiger partial charge in [-0.3, -0.25) is 9.58 Å². The first-order chi connectivity index (χ1) is 16.9. The fourth-order valence-corrected chi connectivity index (χ4v) is 4.84. The number of benzene rings is 1. The zero-order chi connectivity index (χ0) is 24.5. The van der Waals surface area contributed by atoms with E-state index in [0.29, 0.717) is 16.5 Å². The van der Waals surface area contributed by atoms with Crippen molar-refractivity contribution in [2.75, 3.05) is 38.6 Å². The minimum absolute atomic E-state index is 0.103. The molecule has 1 aliphatic rings. The summed E-state index contributed by atoms with van der Waals surface area (Å²) in [5.74, 6) is -0.218. The standard InChI is InChI=1S/C24H24Cl2FN5O3/c1-14(20-18(25)2-3-19(27)21(20)26)35-23-22-16(11-29-24(23)28)17(13-34-22)15-10-30-32(12-15)5-4-31-6-8-33-9-7-31/h2-3,10-14H,4-9H2,1H3,(H2,28,29). The maximum Gasteiger partial charge on any atom is 0.205 e. The molecule has 1 atom stereocenters. The van der Waals surface area contributed by atoms with Crippen LogP contribution in [0.4, 0.5) is 10.2 Å². The van der Waals surface area contributed by atoms with Crippen LogP contribution in [0, 0.1) is 5.82 Å². The molecule has 3 aromatic heterocycles. The second kappa shape index (κ2) is 10.0. The summed E-state index contributed by atoms with van der Waals surface area (Å²) >= 11 is 12.4. The fourth-order valence-electron chi connectivity index (χ4n) is 4.16. The molecule has 0 bridgehead atoms. The van der Waals surface area contributed by atoms with Crippen LogP contribution < -0.4 is 10.5 Å². The number of halogens is 3. The SMILES string of the molecule is CC(Oc1c(N)ncc2c(-c3cnn(CCN4CCOCC4)c3)coc12)c1c(Cl)ccc(F)c1Cl. The summed E-state index contributed by atoms with van der Waals surface area (Å²) in [4.78, 5) is 6.64. The average Bonchev–Trinajstić information content (AvgIpc) is 3.50. The van der Waals surface area contributed by atoms with Gasteiger partial charge in [0.05, 0.1) is 36.4 Å². The van der Waals surface area contributed by atoms with Gasteiger partial charge in [-0.1, -0.05) is 23.2 Å². The number of rotatable bonds is 7. The lowest BCUT2D eigenvalue weighted by Gasteiger charge is -2.26. The Balaban J connectivity index is 1.40. The Kier molecular flexibility index (Phi) is 6.84. The lowest BCUT2D eigenvalue weighted by atomic mass is 10.1. The van der Waals surface area contributed by atoms with E-state index in [-0.39, 0.29) is 21.6 Å². The molecule has 184 valence electrons. The van der Waals surface area contributed by atoms with Gasteiger partial charge in [0.2, 0.25) is 5.75 Å². The number of furan rings is 1. The molecule has 1 aliphatic heterocycles. The van der Waals surface area contributed by atoms with Gasteiger partial charge in [-0.25, -0.2) is 9.37 Å². The van der Waals surface area contributed by atoms with E-state index in [1.807, 2.05) is 10.9 Å². The van der Waals surface area contributed by atoms with Gasteiger partial charge < -0.3 is 19.6 Å². The minimum Gasteiger partial charge on any atom is -0.478 e. The zero-order valence-electron chi connectivity index (χ0n) is 19.0. The lowest BCUT2D eigenvalue weighted by Crippen LogP contribution is -2.38. The number of nitrogens with zero attached hydrogens (tertiary/aromatic N) is 4. The molecular formula is C24H24Cl2FN5O3. The highest BCUT2D eigenvalue weighted by molar-refractivity contribution is 6.36. The molecule has 4 aromatic rings. The smallest absolute Gasteiger partial charge is 0.205 e. The van der Waals surface area contributed by atoms with Crippen molar-refractivity contribution >= 4 is 40.0 Å². The van der Waals surface area contributed by atoms with Crippen molar-refractivity contribution in [1.82, 2.24) is 19.7 Å². The Morgan fingerprint density at radius 3 is 2.80 bits per heavy atom. The van der Waals surface area contributed by atoms with Crippen LogP contribution in [0.5, 0.6) is 5.75 Å². The number of morpholine rings is 1. The maximum absolute atomic E-state index is 14.0. The molecule has 1 fully saturated rings. The van der Waals surface area contributed by atoms with Gasteiger partial charge in [-0.2, -0.15) is 5.10 Å². The molecule has 35 heavy (non-hydrogen) atoms. The van der Waals surface area contributed by atoms with Gasteiger partial charge >= 0.3 is 0 Å². The monoisotopic (exact) mass is 519 g/mol. The second-order valence-electron chi connectivity index (χ2n) is 8.33. The molecule has 4 heterocycles. The van der Waals surface area contributed by atoms with E-state index in [1.54, 1.807) is 25.6 Å². The van der Waals surface area contributed by atoms with Gasteiger partial charge in [0.1, 0.15) is 18.2 Å². The van der Waals surface area contributed by atoms with Crippen molar-refractivity contribution in [3.63, 3.8) is 0 Å². The van der Waals surface area contributed by atoms with E-state index in [0.717, 1.165) is 50.5 Å². The molecule has 8 nitrogen and oxygen atoms in total. The molecule has 1 aromatic carbocycles. The number of hydrogen-bond acceptors (Lipinski definition) is 7. The third-order valence-corrected chi connectivity index (χ3v) is 6.79. The van der Waals surface area contributed by atoms with Crippen molar-refractivity contribution in [2.24, 2.45) is 0 Å². The number of hydrogen-bond donors (Lipinski definition) is 1. The number of fused-ring (bicyclic) bond motifs is 1. The molecule has 0 saturated carbocycles. The Hall–Kier alpha value is -2.85. The Morgan fingerprint density at radius 2 is 2.00 bits per heavy atom. The van der Waals surface area contributed by atoms with E-state index in [4.69, 9.17) is 42.8 Å². The highest BCUT2D eigenvalue weighted by Crippen LogP contribution is 2.41. The largest absolute Gasteiger partial charge is 0.478 e. The van der Waals surface area contributed by atoms with Gasteiger partial charge in [0, 0.05) is 53.7 Å². The first-order valence-corrected chi connectivity index (χ1v) is 12.0. The van der Waals surface area contributed by atoms with Crippen LogP contribution in [0.2, 0.25) is 10.0 Å². The minimum atomic E-state index is -0.711. The van der Waals surface area contributed by atoms with Crippen LogP contribution in [0.25, 0.3) is 22.1 Å². The van der Waals surface area contributed by atoms with E-state index in [2.05, 4.69) is 15.0 Å². The average molecular weight is 520 g/mol. The highest BCUT2D eigenvalue weighted by atomic mass is 35.5. The Labute approximate surface area is 211 Å². The quantitative estimate of drug-likeness (QED) is 0.336. The summed E-state index contributed by atoms with van der Waals surface area (Å²) in [5, 5.41) is 5.39. The topological polar surface area (TPSA) is 91.6 Å². The Bertz CT molecular complexity index is 1350. The van der Waals surface area contributed by atoms with E-state index in [9.17, 15) is 4.39 Å². The van der Waals surface area contributed by atoms with Crippen LogP contribution in [0.3, 0.4) is 0 Å². The van der Waals surface area contributed by atoms with Gasteiger partial charge in [-0.05, 0) is 19.1 Å². The maximum atomic E-state index is 14.0. The summed E-state index contributed by atoms with van der Waals surface area (Å²) < 4.78 is 33.3. The normalized spacial score (nSPS) is 15.5. The van der Waals surface area contributed by atoms with Gasteiger partial charge in [0.25, 0.3) is 0 Å². The van der Waals surface area contributed by atoms with Crippen LogP contribution in [0.1, 0.15) is 18.6 Å². The van der Waals surface area contributed by atoms with Crippen LogP contribution in [-0.2, 0) is 11.3 Å². The van der Waals surface area contributed by atoms with E-state index < -0.39 is 11.9 Å². The number of aromatic nitrogens is 3. The molecule has 0 spiro atoms. The summed E-state index contributed by atoms with van der Waals surface area (Å²) in [7, 11) is 0. The van der Waals surface area contributed by atoms with Gasteiger partial charge in [-0.15, -0.1) is 0 Å². The summed E-state index contributed by atoms with van der Waals surface area (Å²) in [6, 6.07) is 2.64. The van der Waals surface area contributed by atoms with Crippen molar-refractivity contribution < 1.29 is 18.3 Å². The molecule has 11 heteroatoms. The number of ether oxygens (including phenoxy) is 2. The first kappa shape index (κ1) is 23.9. The first-order valence-electron chi connectivity index (χ1n) is 11.2. The van der Waals surface area contributed by atoms with Crippen LogP contribution >= 0.6 is 23.2 Å². The second-order valence-corrected chi connectivity index (χ2v) is 9.11. The third-order valence-electron chi connectivity index (χ3n) is 6.07. The lowest BCUT2D eigenvalue weighted by molar-refractivity contribution is 0.0360. The van der Waals surface area contributed by atoms with Crippen molar-refractivity contribution in [1.29, 1.82) is 0 Å². The number of pyridine rings is 1. The van der Waals surface area contributed by atoms with Crippen LogP contribution in [-0.4, -0.2) is 52.5 Å². The number of nitrogens with two attached hydrogens (primary N) is 1. The number of nitrogen functional groups attached to an aromatic ring is 1. The summed E-state index contributed by atoms with van der Waals surface area (Å²) in [6.45, 7) is 6.76. The van der Waals surface area contributed by atoms with Gasteiger partial charge in [0.15, 0.2) is 11.4 Å². The van der Waals surface area contributed by atoms with Crippen molar-refractivity contribution in [3.05, 3.63) is 58.4 Å². The molecule has 1 unspecified atom stereocenters. The molecule has 0 aliphatic carbocycles. The molecule has 0 radical (unpaired) electrons. The highest BCUT2D eigenvalue weighted by Gasteiger charge is 2.23. The van der Waals surface area contributed by atoms with Crippen LogP contribution in [0.15, 0.2) is 41.4 Å². The zero-order valence-corrected chi connectivity index (χ0v) is 20.5. The van der Waals surface area contributed by atoms with E-state index in [1.165, 1.54) is 12.1 Å². The molecule has 2 N–H and O–H groups in total. The predicted octanol–water partition coefficient (Wildman–Crippen LogP) is 5.19. The molecule has 5 rings (SSSR count).